The minimum absolute atomic E-state index is 0.155. The van der Waals surface area contributed by atoms with Crippen LogP contribution in [0.1, 0.15) is 60.3 Å². The summed E-state index contributed by atoms with van der Waals surface area (Å²) < 4.78 is 0. The molecular weight excluding hydrogens is 264 g/mol. The molecule has 0 spiro atoms. The molecule has 3 atom stereocenters. The Morgan fingerprint density at radius 3 is 1.62 bits per heavy atom. The van der Waals surface area contributed by atoms with Crippen LogP contribution in [-0.2, 0) is 0 Å². The first-order valence-electron chi connectivity index (χ1n) is 8.75. The number of likely N-dealkylation sites (N-methyl/N-ethyl adjacent to an activating group) is 2. The van der Waals surface area contributed by atoms with Crippen LogP contribution in [0.15, 0.2) is 0 Å². The molecule has 0 aromatic rings. The fourth-order valence-corrected chi connectivity index (χ4v) is 2.76. The summed E-state index contributed by atoms with van der Waals surface area (Å²) >= 11 is 0. The third-order valence-electron chi connectivity index (χ3n) is 4.02. The topological polar surface area (TPSA) is 46.9 Å². The minimum atomic E-state index is -0.155. The van der Waals surface area contributed by atoms with Gasteiger partial charge in [0.05, 0.1) is 12.7 Å². The first-order chi connectivity index (χ1) is 10.1. The van der Waals surface area contributed by atoms with Crippen LogP contribution in [0.2, 0.25) is 0 Å². The van der Waals surface area contributed by atoms with Gasteiger partial charge in [-0.2, -0.15) is 0 Å². The molecule has 0 saturated carbocycles. The van der Waals surface area contributed by atoms with Crippen LogP contribution in [0.5, 0.6) is 0 Å². The molecule has 2 heterocycles. The van der Waals surface area contributed by atoms with Crippen molar-refractivity contribution < 1.29 is 10.2 Å². The van der Waals surface area contributed by atoms with Gasteiger partial charge in [-0.05, 0) is 59.8 Å². The zero-order valence-corrected chi connectivity index (χ0v) is 15.5. The van der Waals surface area contributed by atoms with Crippen LogP contribution in [0.3, 0.4) is 0 Å². The number of aliphatic hydroxyl groups excluding tert-OH is 2. The molecule has 2 fully saturated rings. The lowest BCUT2D eigenvalue weighted by atomic mass is 10.1. The molecule has 0 bridgehead atoms. The standard InChI is InChI=1S/C7H15NO.C6H13NO.2C2H6/c1-6(9)7-4-3-5-8(7)2;1-7-4-2-3-6(7)5-8;2*1-2/h6-7,9H,3-5H2,1-2H3;6,8H,2-5H2,1H3;2*1-2H3/t6-,7-;6-;;/m00../s1. The quantitative estimate of drug-likeness (QED) is 0.823. The first kappa shape index (κ1) is 23.1. The molecule has 2 aliphatic rings. The summed E-state index contributed by atoms with van der Waals surface area (Å²) in [5.41, 5.74) is 0. The van der Waals surface area contributed by atoms with Crippen molar-refractivity contribution in [2.75, 3.05) is 33.8 Å². The largest absolute Gasteiger partial charge is 0.395 e. The van der Waals surface area contributed by atoms with Gasteiger partial charge >= 0.3 is 0 Å². The Hall–Kier alpha value is -0.160. The van der Waals surface area contributed by atoms with Crippen LogP contribution in [0, 0.1) is 0 Å². The highest BCUT2D eigenvalue weighted by Gasteiger charge is 2.24. The van der Waals surface area contributed by atoms with Crippen LogP contribution in [0.4, 0.5) is 0 Å². The molecule has 2 saturated heterocycles. The van der Waals surface area contributed by atoms with Crippen LogP contribution < -0.4 is 0 Å². The molecule has 4 nitrogen and oxygen atoms in total. The maximum Gasteiger partial charge on any atom is 0.0667 e. The summed E-state index contributed by atoms with van der Waals surface area (Å²) in [6, 6.07) is 0.875. The van der Waals surface area contributed by atoms with Gasteiger partial charge in [-0.3, -0.25) is 0 Å². The molecular formula is C17H40N2O2. The van der Waals surface area contributed by atoms with E-state index in [-0.39, 0.29) is 6.10 Å². The second-order valence-electron chi connectivity index (χ2n) is 5.39. The van der Waals surface area contributed by atoms with Gasteiger partial charge in [-0.15, -0.1) is 0 Å². The predicted molar refractivity (Wildman–Crippen MR) is 92.8 cm³/mol. The first-order valence-corrected chi connectivity index (χ1v) is 8.75. The van der Waals surface area contributed by atoms with Crippen molar-refractivity contribution in [3.63, 3.8) is 0 Å². The summed E-state index contributed by atoms with van der Waals surface area (Å²) in [5, 5.41) is 17.9. The lowest BCUT2D eigenvalue weighted by Crippen LogP contribution is -2.34. The molecule has 2 rings (SSSR count). The van der Waals surface area contributed by atoms with Gasteiger partial charge in [0.15, 0.2) is 0 Å². The maximum absolute atomic E-state index is 9.18. The number of aliphatic hydroxyl groups is 2. The molecule has 2 N–H and O–H groups in total. The molecule has 0 aliphatic carbocycles. The maximum atomic E-state index is 9.18. The van der Waals surface area contributed by atoms with Crippen molar-refractivity contribution in [3.05, 3.63) is 0 Å². The highest BCUT2D eigenvalue weighted by molar-refractivity contribution is 4.79. The molecule has 0 unspecified atom stereocenters. The molecule has 4 heteroatoms. The van der Waals surface area contributed by atoms with Gasteiger partial charge < -0.3 is 20.0 Å². The highest BCUT2D eigenvalue weighted by atomic mass is 16.3. The normalized spacial score (nSPS) is 26.7. The number of rotatable bonds is 2. The van der Waals surface area contributed by atoms with Gasteiger partial charge in [0.2, 0.25) is 0 Å². The second kappa shape index (κ2) is 14.8. The van der Waals surface area contributed by atoms with Crippen molar-refractivity contribution in [3.8, 4) is 0 Å². The zero-order chi connectivity index (χ0) is 16.8. The van der Waals surface area contributed by atoms with Crippen molar-refractivity contribution >= 4 is 0 Å². The summed E-state index contributed by atoms with van der Waals surface area (Å²) in [6.45, 7) is 12.5. The molecule has 130 valence electrons. The number of nitrogens with zero attached hydrogens (tertiary/aromatic N) is 2. The molecule has 2 aliphatic heterocycles. The van der Waals surface area contributed by atoms with Crippen LogP contribution >= 0.6 is 0 Å². The van der Waals surface area contributed by atoms with E-state index in [0.29, 0.717) is 18.7 Å². The Morgan fingerprint density at radius 1 is 0.952 bits per heavy atom. The molecule has 21 heavy (non-hydrogen) atoms. The van der Waals surface area contributed by atoms with Crippen molar-refractivity contribution in [1.82, 2.24) is 9.80 Å². The lowest BCUT2D eigenvalue weighted by molar-refractivity contribution is 0.101. The van der Waals surface area contributed by atoms with Crippen molar-refractivity contribution in [1.29, 1.82) is 0 Å². The van der Waals surface area contributed by atoms with Crippen LogP contribution in [-0.4, -0.2) is 72.0 Å². The van der Waals surface area contributed by atoms with Crippen molar-refractivity contribution in [2.45, 2.75) is 78.5 Å². The van der Waals surface area contributed by atoms with E-state index < -0.39 is 0 Å². The summed E-state index contributed by atoms with van der Waals surface area (Å²) in [4.78, 5) is 4.44. The smallest absolute Gasteiger partial charge is 0.0667 e. The fraction of sp³-hybridized carbons (Fsp3) is 1.00. The van der Waals surface area contributed by atoms with E-state index in [4.69, 9.17) is 5.11 Å². The second-order valence-corrected chi connectivity index (χ2v) is 5.39. The molecule has 0 aromatic heterocycles. The third-order valence-corrected chi connectivity index (χ3v) is 4.02. The predicted octanol–water partition coefficient (Wildman–Crippen LogP) is 2.59. The monoisotopic (exact) mass is 304 g/mol. The summed E-state index contributed by atoms with van der Waals surface area (Å²) in [7, 11) is 4.14. The number of likely N-dealkylation sites (tertiary alicyclic amines) is 2. The lowest BCUT2D eigenvalue weighted by Gasteiger charge is -2.21. The van der Waals surface area contributed by atoms with E-state index in [9.17, 15) is 5.11 Å². The van der Waals surface area contributed by atoms with E-state index in [1.807, 2.05) is 34.6 Å². The number of hydrogen-bond donors (Lipinski definition) is 2. The van der Waals surface area contributed by atoms with E-state index in [2.05, 4.69) is 23.9 Å². The van der Waals surface area contributed by atoms with E-state index in [1.165, 1.54) is 19.3 Å². The van der Waals surface area contributed by atoms with Gasteiger partial charge in [0.1, 0.15) is 0 Å². The zero-order valence-electron chi connectivity index (χ0n) is 15.5. The van der Waals surface area contributed by atoms with Gasteiger partial charge in [-0.25, -0.2) is 0 Å². The molecule has 0 amide bonds. The van der Waals surface area contributed by atoms with Crippen molar-refractivity contribution in [2.24, 2.45) is 0 Å². The molecule has 0 aromatic carbocycles. The fourth-order valence-electron chi connectivity index (χ4n) is 2.76. The average Bonchev–Trinajstić information content (AvgIpc) is 3.12. The average molecular weight is 305 g/mol. The Bertz CT molecular complexity index is 213. The highest BCUT2D eigenvalue weighted by Crippen LogP contribution is 2.17. The Kier molecular flexibility index (Phi) is 16.2. The Labute approximate surface area is 133 Å². The van der Waals surface area contributed by atoms with E-state index in [1.54, 1.807) is 0 Å². The van der Waals surface area contributed by atoms with Crippen LogP contribution in [0.25, 0.3) is 0 Å². The third kappa shape index (κ3) is 9.46. The van der Waals surface area contributed by atoms with E-state index in [0.717, 1.165) is 19.5 Å². The van der Waals surface area contributed by atoms with Gasteiger partial charge in [-0.1, -0.05) is 27.7 Å². The SMILES string of the molecule is CC.CC.CN1CCC[C@H]1CO.C[C@H](O)[C@@H]1CCCN1C. The Morgan fingerprint density at radius 2 is 1.43 bits per heavy atom. The van der Waals surface area contributed by atoms with Gasteiger partial charge in [0.25, 0.3) is 0 Å². The van der Waals surface area contributed by atoms with Gasteiger partial charge in [0, 0.05) is 12.1 Å². The minimum Gasteiger partial charge on any atom is -0.395 e. The van der Waals surface area contributed by atoms with E-state index >= 15 is 0 Å². The Balaban J connectivity index is 0. The summed E-state index contributed by atoms with van der Waals surface area (Å²) in [6.07, 6.45) is 4.67. The molecule has 0 radical (unpaired) electrons. The number of hydrogen-bond acceptors (Lipinski definition) is 4. The summed E-state index contributed by atoms with van der Waals surface area (Å²) in [5.74, 6) is 0.